The molecule has 120 valence electrons. The number of hydrogen-bond donors (Lipinski definition) is 1. The maximum atomic E-state index is 13.4. The van der Waals surface area contributed by atoms with E-state index < -0.39 is 19.0 Å². The molecule has 2 aliphatic rings. The molecule has 1 fully saturated rings. The van der Waals surface area contributed by atoms with Crippen LogP contribution in [-0.2, 0) is 23.1 Å². The van der Waals surface area contributed by atoms with Gasteiger partial charge < -0.3 is 19.1 Å². The van der Waals surface area contributed by atoms with Crippen molar-refractivity contribution >= 4 is 19.3 Å². The van der Waals surface area contributed by atoms with Gasteiger partial charge in [-0.3, -0.25) is 9.36 Å². The van der Waals surface area contributed by atoms with Gasteiger partial charge in [-0.2, -0.15) is 0 Å². The van der Waals surface area contributed by atoms with Crippen molar-refractivity contribution in [3.63, 3.8) is 0 Å². The second-order valence-corrected chi connectivity index (χ2v) is 7.65. The summed E-state index contributed by atoms with van der Waals surface area (Å²) in [4.78, 5) is 11.8. The zero-order chi connectivity index (χ0) is 15.8. The normalized spacial score (nSPS) is 26.8. The molecule has 1 aromatic rings. The Bertz CT molecular complexity index is 624. The zero-order valence-corrected chi connectivity index (χ0v) is 13.6. The summed E-state index contributed by atoms with van der Waals surface area (Å²) in [6.45, 7) is 4.07. The first kappa shape index (κ1) is 15.5. The number of para-hydroxylation sites is 1. The zero-order valence-electron chi connectivity index (χ0n) is 12.7. The Hall–Kier alpha value is -1.36. The Labute approximate surface area is 129 Å². The molecule has 1 saturated heterocycles. The van der Waals surface area contributed by atoms with E-state index in [1.807, 2.05) is 24.3 Å². The summed E-state index contributed by atoms with van der Waals surface area (Å²) in [7, 11) is -3.52. The molecule has 22 heavy (non-hydrogen) atoms. The van der Waals surface area contributed by atoms with Gasteiger partial charge in [-0.05, 0) is 26.3 Å². The van der Waals surface area contributed by atoms with Crippen LogP contribution in [0, 0.1) is 0 Å². The van der Waals surface area contributed by atoms with E-state index in [0.717, 1.165) is 11.3 Å². The predicted molar refractivity (Wildman–Crippen MR) is 81.7 cm³/mol. The van der Waals surface area contributed by atoms with Gasteiger partial charge in [0.2, 0.25) is 0 Å². The first-order chi connectivity index (χ1) is 10.6. The molecule has 0 amide bonds. The van der Waals surface area contributed by atoms with Crippen LogP contribution < -0.4 is 5.32 Å². The summed E-state index contributed by atoms with van der Waals surface area (Å²) in [5.41, 5.74) is 1.62. The van der Waals surface area contributed by atoms with Crippen LogP contribution in [0.3, 0.4) is 0 Å². The van der Waals surface area contributed by atoms with Crippen molar-refractivity contribution in [2.75, 3.05) is 18.5 Å². The van der Waals surface area contributed by atoms with E-state index in [-0.39, 0.29) is 25.6 Å². The van der Waals surface area contributed by atoms with Gasteiger partial charge in [0.15, 0.2) is 11.4 Å². The molecular formula is C15H20NO5P. The van der Waals surface area contributed by atoms with Crippen molar-refractivity contribution in [3.8, 4) is 0 Å². The quantitative estimate of drug-likeness (QED) is 0.660. The van der Waals surface area contributed by atoms with E-state index in [2.05, 4.69) is 5.32 Å². The smallest absolute Gasteiger partial charge is 0.360 e. The third-order valence-electron chi connectivity index (χ3n) is 4.07. The minimum Gasteiger partial charge on any atom is -0.454 e. The van der Waals surface area contributed by atoms with E-state index in [1.165, 1.54) is 0 Å². The largest absolute Gasteiger partial charge is 0.454 e. The molecule has 2 atom stereocenters. The predicted octanol–water partition coefficient (Wildman–Crippen LogP) is 3.45. The van der Waals surface area contributed by atoms with Crippen molar-refractivity contribution in [1.29, 1.82) is 0 Å². The molecule has 3 rings (SSSR count). The molecule has 2 unspecified atom stereocenters. The fourth-order valence-corrected chi connectivity index (χ4v) is 5.53. The van der Waals surface area contributed by atoms with Gasteiger partial charge in [0.1, 0.15) is 0 Å². The van der Waals surface area contributed by atoms with Gasteiger partial charge in [-0.15, -0.1) is 0 Å². The topological polar surface area (TPSA) is 73.9 Å². The average Bonchev–Trinajstić information content (AvgIpc) is 2.83. The van der Waals surface area contributed by atoms with E-state index in [1.54, 1.807) is 13.8 Å². The van der Waals surface area contributed by atoms with Crippen molar-refractivity contribution in [1.82, 2.24) is 0 Å². The van der Waals surface area contributed by atoms with Crippen molar-refractivity contribution in [2.45, 2.75) is 38.1 Å². The standard InChI is InChI=1S/C15H20NO5P/c1-3-19-22(18,20-4-2)15-10-9-13(17)21-14(15)11-7-5-6-8-12(11)16-15/h5-8,14,16H,3-4,9-10H2,1-2H3. The summed E-state index contributed by atoms with van der Waals surface area (Å²) < 4.78 is 30.1. The van der Waals surface area contributed by atoms with E-state index in [4.69, 9.17) is 13.8 Å². The number of fused-ring (bicyclic) bond motifs is 3. The third kappa shape index (κ3) is 2.18. The molecule has 0 aliphatic carbocycles. The van der Waals surface area contributed by atoms with Crippen LogP contribution >= 0.6 is 7.60 Å². The Balaban J connectivity index is 2.10. The molecule has 6 nitrogen and oxygen atoms in total. The number of esters is 1. The van der Waals surface area contributed by atoms with Gasteiger partial charge in [0, 0.05) is 17.7 Å². The molecule has 1 N–H and O–H groups in total. The highest BCUT2D eigenvalue weighted by molar-refractivity contribution is 7.55. The van der Waals surface area contributed by atoms with E-state index >= 15 is 0 Å². The van der Waals surface area contributed by atoms with E-state index in [0.29, 0.717) is 6.42 Å². The lowest BCUT2D eigenvalue weighted by Gasteiger charge is -2.42. The fourth-order valence-electron chi connectivity index (χ4n) is 3.19. The minimum absolute atomic E-state index is 0.182. The molecule has 0 bridgehead atoms. The van der Waals surface area contributed by atoms with Crippen molar-refractivity contribution < 1.29 is 23.1 Å². The van der Waals surface area contributed by atoms with Gasteiger partial charge in [-0.25, -0.2) is 0 Å². The summed E-state index contributed by atoms with van der Waals surface area (Å²) >= 11 is 0. The first-order valence-corrected chi connectivity index (χ1v) is 9.06. The van der Waals surface area contributed by atoms with Gasteiger partial charge in [0.05, 0.1) is 13.2 Å². The lowest BCUT2D eigenvalue weighted by atomic mass is 9.99. The Morgan fingerprint density at radius 3 is 2.68 bits per heavy atom. The highest BCUT2D eigenvalue weighted by Gasteiger charge is 2.63. The molecule has 0 spiro atoms. The van der Waals surface area contributed by atoms with Crippen molar-refractivity contribution in [3.05, 3.63) is 29.8 Å². The highest BCUT2D eigenvalue weighted by atomic mass is 31.2. The molecule has 7 heteroatoms. The second-order valence-electron chi connectivity index (χ2n) is 5.34. The SMILES string of the molecule is CCOP(=O)(OCC)C12CCC(=O)OC1c1ccccc1N2. The van der Waals surface area contributed by atoms with Crippen LogP contribution in [0.15, 0.2) is 24.3 Å². The molecule has 0 saturated carbocycles. The molecule has 0 radical (unpaired) electrons. The number of anilines is 1. The lowest BCUT2D eigenvalue weighted by Crippen LogP contribution is -2.46. The number of ether oxygens (including phenoxy) is 1. The number of benzene rings is 1. The van der Waals surface area contributed by atoms with Crippen LogP contribution in [0.5, 0.6) is 0 Å². The third-order valence-corrected chi connectivity index (χ3v) is 6.82. The fraction of sp³-hybridized carbons (Fsp3) is 0.533. The Morgan fingerprint density at radius 2 is 2.00 bits per heavy atom. The maximum absolute atomic E-state index is 13.4. The van der Waals surface area contributed by atoms with Gasteiger partial charge in [0.25, 0.3) is 0 Å². The summed E-state index contributed by atoms with van der Waals surface area (Å²) in [5, 5.41) is 2.25. The number of carbonyl (C=O) groups excluding carboxylic acids is 1. The van der Waals surface area contributed by atoms with Crippen LogP contribution in [0.4, 0.5) is 5.69 Å². The molecule has 2 heterocycles. The number of hydrogen-bond acceptors (Lipinski definition) is 6. The molecule has 1 aromatic carbocycles. The van der Waals surface area contributed by atoms with Gasteiger partial charge >= 0.3 is 13.6 Å². The minimum atomic E-state index is -3.52. The Kier molecular flexibility index (Phi) is 4.02. The number of nitrogens with one attached hydrogen (secondary N) is 1. The highest BCUT2D eigenvalue weighted by Crippen LogP contribution is 2.70. The summed E-state index contributed by atoms with van der Waals surface area (Å²) in [6.07, 6.45) is -0.127. The molecule has 0 aromatic heterocycles. The summed E-state index contributed by atoms with van der Waals surface area (Å²) in [6, 6.07) is 7.50. The van der Waals surface area contributed by atoms with Gasteiger partial charge in [-0.1, -0.05) is 18.2 Å². The first-order valence-electron chi connectivity index (χ1n) is 7.52. The van der Waals surface area contributed by atoms with Crippen molar-refractivity contribution in [2.24, 2.45) is 0 Å². The average molecular weight is 325 g/mol. The Morgan fingerprint density at radius 1 is 1.32 bits per heavy atom. The number of rotatable bonds is 5. The van der Waals surface area contributed by atoms with Crippen LogP contribution in [0.25, 0.3) is 0 Å². The van der Waals surface area contributed by atoms with Crippen LogP contribution in [-0.4, -0.2) is 24.5 Å². The molecule has 2 aliphatic heterocycles. The summed E-state index contributed by atoms with van der Waals surface area (Å²) in [5.74, 6) is -0.293. The number of carbonyl (C=O) groups is 1. The van der Waals surface area contributed by atoms with Crippen LogP contribution in [0.2, 0.25) is 0 Å². The van der Waals surface area contributed by atoms with Crippen LogP contribution in [0.1, 0.15) is 38.4 Å². The maximum Gasteiger partial charge on any atom is 0.360 e. The van der Waals surface area contributed by atoms with E-state index in [9.17, 15) is 9.36 Å². The molecular weight excluding hydrogens is 305 g/mol. The monoisotopic (exact) mass is 325 g/mol. The lowest BCUT2D eigenvalue weighted by molar-refractivity contribution is -0.156. The second kappa shape index (κ2) is 5.69.